The lowest BCUT2D eigenvalue weighted by Crippen LogP contribution is -2.40. The van der Waals surface area contributed by atoms with Gasteiger partial charge in [-0.1, -0.05) is 43.0 Å². The minimum Gasteiger partial charge on any atom is -0.455 e. The van der Waals surface area contributed by atoms with E-state index >= 15 is 0 Å². The highest BCUT2D eigenvalue weighted by Gasteiger charge is 2.25. The van der Waals surface area contributed by atoms with Crippen molar-refractivity contribution in [2.75, 3.05) is 0 Å². The highest BCUT2D eigenvalue weighted by Crippen LogP contribution is 2.38. The van der Waals surface area contributed by atoms with Crippen LogP contribution >= 0.6 is 0 Å². The molecular formula is C28H30NOSi+. The third-order valence-corrected chi connectivity index (χ3v) is 8.66. The van der Waals surface area contributed by atoms with Crippen LogP contribution in [0.2, 0.25) is 19.6 Å². The lowest BCUT2D eigenvalue weighted by molar-refractivity contribution is -0.633. The van der Waals surface area contributed by atoms with Gasteiger partial charge in [0.05, 0.1) is 13.6 Å². The number of hydrogen-bond acceptors (Lipinski definition) is 1. The van der Waals surface area contributed by atoms with Crippen molar-refractivity contribution in [1.82, 2.24) is 0 Å². The number of hydrogen-bond donors (Lipinski definition) is 0. The van der Waals surface area contributed by atoms with Gasteiger partial charge in [0, 0.05) is 32.4 Å². The van der Waals surface area contributed by atoms with Gasteiger partial charge in [-0.3, -0.25) is 0 Å². The maximum Gasteiger partial charge on any atom is 0.216 e. The Morgan fingerprint density at radius 1 is 0.903 bits per heavy atom. The number of fused-ring (bicyclic) bond motifs is 4. The summed E-state index contributed by atoms with van der Waals surface area (Å²) in [5.74, 6) is 0. The number of furan rings is 1. The molecule has 0 spiro atoms. The van der Waals surface area contributed by atoms with Gasteiger partial charge in [0.2, 0.25) is 11.2 Å². The third kappa shape index (κ3) is 3.02. The first kappa shape index (κ1) is 16.7. The molecule has 0 saturated heterocycles. The van der Waals surface area contributed by atoms with Crippen LogP contribution in [0, 0.1) is 20.7 Å². The fourth-order valence-electron chi connectivity index (χ4n) is 4.86. The number of rotatable bonds is 2. The Balaban J connectivity index is 1.89. The summed E-state index contributed by atoms with van der Waals surface area (Å²) in [4.78, 5) is 0. The Morgan fingerprint density at radius 2 is 1.68 bits per heavy atom. The Hall–Kier alpha value is -2.91. The number of aromatic nitrogens is 1. The molecule has 0 fully saturated rings. The van der Waals surface area contributed by atoms with Crippen LogP contribution in [0.3, 0.4) is 0 Å². The van der Waals surface area contributed by atoms with Gasteiger partial charge in [-0.25, -0.2) is 0 Å². The van der Waals surface area contributed by atoms with Crippen molar-refractivity contribution >= 4 is 46.1 Å². The maximum absolute atomic E-state index is 8.20. The molecule has 2 heterocycles. The van der Waals surface area contributed by atoms with Crippen LogP contribution in [-0.4, -0.2) is 8.07 Å². The molecule has 0 bridgehead atoms. The molecule has 0 N–H and O–H groups in total. The van der Waals surface area contributed by atoms with Gasteiger partial charge in [0.25, 0.3) is 0 Å². The summed E-state index contributed by atoms with van der Waals surface area (Å²) < 4.78 is 33.1. The lowest BCUT2D eigenvalue weighted by atomic mass is 9.96. The predicted molar refractivity (Wildman–Crippen MR) is 135 cm³/mol. The van der Waals surface area contributed by atoms with E-state index in [9.17, 15) is 0 Å². The van der Waals surface area contributed by atoms with Crippen molar-refractivity contribution < 1.29 is 13.1 Å². The van der Waals surface area contributed by atoms with Gasteiger partial charge in [-0.15, -0.1) is 0 Å². The third-order valence-electron chi connectivity index (χ3n) is 6.51. The molecule has 0 aliphatic rings. The second kappa shape index (κ2) is 6.79. The molecule has 156 valence electrons. The van der Waals surface area contributed by atoms with Crippen LogP contribution < -0.4 is 9.75 Å². The van der Waals surface area contributed by atoms with Crippen molar-refractivity contribution in [1.29, 1.82) is 0 Å². The molecule has 0 radical (unpaired) electrons. The topological polar surface area (TPSA) is 17.0 Å². The van der Waals surface area contributed by atoms with E-state index in [0.717, 1.165) is 44.3 Å². The molecule has 5 aromatic rings. The van der Waals surface area contributed by atoms with Gasteiger partial charge >= 0.3 is 0 Å². The second-order valence-corrected chi connectivity index (χ2v) is 14.7. The van der Waals surface area contributed by atoms with E-state index in [4.69, 9.17) is 8.53 Å². The van der Waals surface area contributed by atoms with Gasteiger partial charge in [0.15, 0.2) is 0 Å². The molecule has 3 heteroatoms. The zero-order valence-electron chi connectivity index (χ0n) is 22.1. The van der Waals surface area contributed by atoms with Crippen LogP contribution in [0.15, 0.2) is 59.0 Å². The molecule has 0 saturated carbocycles. The Labute approximate surface area is 189 Å². The minimum atomic E-state index is -2.22. The van der Waals surface area contributed by atoms with E-state index in [-0.39, 0.29) is 0 Å². The first-order valence-corrected chi connectivity index (χ1v) is 14.3. The van der Waals surface area contributed by atoms with E-state index in [0.29, 0.717) is 5.56 Å². The fourth-order valence-corrected chi connectivity index (χ4v) is 6.71. The van der Waals surface area contributed by atoms with Crippen LogP contribution in [0.1, 0.15) is 20.8 Å². The van der Waals surface area contributed by atoms with Crippen LogP contribution in [-0.2, 0) is 7.05 Å². The monoisotopic (exact) mass is 427 g/mol. The first-order valence-electron chi connectivity index (χ1n) is 12.3. The van der Waals surface area contributed by atoms with E-state index in [1.54, 1.807) is 6.07 Å². The molecule has 2 aromatic heterocycles. The molecule has 31 heavy (non-hydrogen) atoms. The summed E-state index contributed by atoms with van der Waals surface area (Å²) >= 11 is 0. The zero-order chi connectivity index (χ0) is 24.6. The average molecular weight is 428 g/mol. The fraction of sp³-hybridized carbons (Fsp3) is 0.250. The summed E-state index contributed by atoms with van der Waals surface area (Å²) in [7, 11) is 0.587. The molecule has 0 aliphatic heterocycles. The standard InChI is InChI=1S/C28H30NOSi/c1-17-14-22-21-10-8-9-11-25(21)30-28(22)27(19(17)3)23-13-12-20-16-26(31(5,6)7)18(2)15-24(20)29(23)4/h8-16H,1-7H3/q+1/i1D3. The Kier molecular flexibility index (Phi) is 3.67. The van der Waals surface area contributed by atoms with Gasteiger partial charge in [-0.05, 0) is 61.7 Å². The highest BCUT2D eigenvalue weighted by molar-refractivity contribution is 6.89. The molecule has 0 unspecified atom stereocenters. The summed E-state index contributed by atoms with van der Waals surface area (Å²) in [5, 5.41) is 4.43. The largest absolute Gasteiger partial charge is 0.455 e. The maximum atomic E-state index is 8.20. The number of pyridine rings is 1. The molecule has 2 nitrogen and oxygen atoms in total. The molecule has 5 rings (SSSR count). The highest BCUT2D eigenvalue weighted by atomic mass is 28.3. The van der Waals surface area contributed by atoms with E-state index in [1.165, 1.54) is 16.1 Å². The SMILES string of the molecule is [2H]C([2H])([2H])c1cc2c(oc3ccccc32)c(-c2ccc3cc([Si](C)(C)C)c(C)cc3[n+]2C)c1C. The smallest absolute Gasteiger partial charge is 0.216 e. The first-order chi connectivity index (χ1) is 15.9. The van der Waals surface area contributed by atoms with Crippen molar-refractivity contribution in [2.45, 2.75) is 40.3 Å². The van der Waals surface area contributed by atoms with Gasteiger partial charge in [-0.2, -0.15) is 4.57 Å². The number of benzene rings is 3. The average Bonchev–Trinajstić information content (AvgIpc) is 3.11. The van der Waals surface area contributed by atoms with Crippen molar-refractivity contribution in [3.05, 3.63) is 71.3 Å². The van der Waals surface area contributed by atoms with Crippen LogP contribution in [0.4, 0.5) is 0 Å². The van der Waals surface area contributed by atoms with Crippen molar-refractivity contribution in [2.24, 2.45) is 7.05 Å². The van der Waals surface area contributed by atoms with Crippen molar-refractivity contribution in [3.8, 4) is 11.3 Å². The molecule has 0 aliphatic carbocycles. The normalized spacial score (nSPS) is 14.2. The number of para-hydroxylation sites is 1. The summed E-state index contributed by atoms with van der Waals surface area (Å²) in [6.45, 7) is 8.99. The molecule has 3 aromatic carbocycles. The van der Waals surface area contributed by atoms with Crippen molar-refractivity contribution in [3.63, 3.8) is 0 Å². The van der Waals surface area contributed by atoms with Crippen LogP contribution in [0.5, 0.6) is 0 Å². The minimum absolute atomic E-state index is 0.368. The second-order valence-electron chi connectivity index (χ2n) is 9.65. The summed E-state index contributed by atoms with van der Waals surface area (Å²) in [6.07, 6.45) is 0. The van der Waals surface area contributed by atoms with E-state index < -0.39 is 14.9 Å². The quantitative estimate of drug-likeness (QED) is 0.226. The molecule has 0 amide bonds. The molecular weight excluding hydrogens is 394 g/mol. The zero-order valence-corrected chi connectivity index (χ0v) is 20.1. The number of aryl methyl sites for hydroxylation is 3. The van der Waals surface area contributed by atoms with Gasteiger partial charge in [0.1, 0.15) is 18.2 Å². The molecule has 0 atom stereocenters. The van der Waals surface area contributed by atoms with Crippen LogP contribution in [0.25, 0.3) is 44.1 Å². The van der Waals surface area contributed by atoms with E-state index in [1.807, 2.05) is 31.2 Å². The van der Waals surface area contributed by atoms with Gasteiger partial charge < -0.3 is 4.42 Å². The van der Waals surface area contributed by atoms with E-state index in [2.05, 4.69) is 62.4 Å². The predicted octanol–water partition coefficient (Wildman–Crippen LogP) is 6.70. The summed E-state index contributed by atoms with van der Waals surface area (Å²) in [6, 6.07) is 18.5. The summed E-state index contributed by atoms with van der Waals surface area (Å²) in [5.41, 5.74) is 6.82. The lowest BCUT2D eigenvalue weighted by Gasteiger charge is -2.20. The Morgan fingerprint density at radius 3 is 2.42 bits per heavy atom. The number of nitrogens with zero attached hydrogens (tertiary/aromatic N) is 1. The Bertz CT molecular complexity index is 1610.